The molecule has 0 aliphatic heterocycles. The van der Waals surface area contributed by atoms with E-state index in [1.54, 1.807) is 54.6 Å². The fourth-order valence-electron chi connectivity index (χ4n) is 2.05. The quantitative estimate of drug-likeness (QED) is 0.593. The molecule has 136 valence electrons. The highest BCUT2D eigenvalue weighted by Crippen LogP contribution is 2.13. The van der Waals surface area contributed by atoms with Gasteiger partial charge in [-0.2, -0.15) is 0 Å². The predicted molar refractivity (Wildman–Crippen MR) is 103 cm³/mol. The zero-order chi connectivity index (χ0) is 18.8. The summed E-state index contributed by atoms with van der Waals surface area (Å²) in [5.41, 5.74) is 1.23. The van der Waals surface area contributed by atoms with Crippen molar-refractivity contribution in [2.24, 2.45) is 0 Å². The minimum Gasteiger partial charge on any atom is -0.480 e. The largest absolute Gasteiger partial charge is 0.480 e. The van der Waals surface area contributed by atoms with Gasteiger partial charge < -0.3 is 21.1 Å². The third-order valence-corrected chi connectivity index (χ3v) is 4.10. The minimum atomic E-state index is -1.16. The highest BCUT2D eigenvalue weighted by Gasteiger charge is 2.20. The Morgan fingerprint density at radius 2 is 1.42 bits per heavy atom. The zero-order valence-corrected chi connectivity index (χ0v) is 14.7. The number of para-hydroxylation sites is 2. The van der Waals surface area contributed by atoms with Crippen LogP contribution in [0.4, 0.5) is 21.0 Å². The number of nitrogens with one attached hydrogen (secondary N) is 3. The SMILES string of the molecule is O=C(Nc1ccccc1)NC(CCSC(=O)Nc1ccccc1)C(=O)O. The number of carboxylic acid groups (broad SMARTS) is 1. The maximum Gasteiger partial charge on any atom is 0.326 e. The molecule has 0 heterocycles. The number of amides is 3. The first-order valence-electron chi connectivity index (χ1n) is 7.89. The molecule has 0 fully saturated rings. The van der Waals surface area contributed by atoms with E-state index in [9.17, 15) is 19.5 Å². The number of carbonyl (C=O) groups excluding carboxylic acids is 2. The van der Waals surface area contributed by atoms with Gasteiger partial charge >= 0.3 is 12.0 Å². The van der Waals surface area contributed by atoms with Crippen LogP contribution in [0.3, 0.4) is 0 Å². The molecule has 3 amide bonds. The monoisotopic (exact) mass is 373 g/mol. The van der Waals surface area contributed by atoms with Gasteiger partial charge in [-0.1, -0.05) is 48.2 Å². The molecule has 0 spiro atoms. The van der Waals surface area contributed by atoms with Crippen molar-refractivity contribution in [2.45, 2.75) is 12.5 Å². The van der Waals surface area contributed by atoms with Crippen molar-refractivity contribution in [1.82, 2.24) is 5.32 Å². The second kappa shape index (κ2) is 10.1. The maximum atomic E-state index is 11.9. The number of thioether (sulfide) groups is 1. The summed E-state index contributed by atoms with van der Waals surface area (Å²) < 4.78 is 0. The van der Waals surface area contributed by atoms with Crippen molar-refractivity contribution in [3.63, 3.8) is 0 Å². The number of anilines is 2. The number of hydrogen-bond donors (Lipinski definition) is 4. The molecule has 1 atom stereocenters. The fourth-order valence-corrected chi connectivity index (χ4v) is 2.78. The number of aliphatic carboxylic acids is 1. The molecule has 0 aliphatic rings. The highest BCUT2D eigenvalue weighted by molar-refractivity contribution is 8.13. The van der Waals surface area contributed by atoms with Gasteiger partial charge in [-0.15, -0.1) is 0 Å². The zero-order valence-electron chi connectivity index (χ0n) is 13.8. The van der Waals surface area contributed by atoms with Gasteiger partial charge in [0.15, 0.2) is 0 Å². The lowest BCUT2D eigenvalue weighted by Gasteiger charge is -2.15. The molecular formula is C18H19N3O4S. The topological polar surface area (TPSA) is 108 Å². The lowest BCUT2D eigenvalue weighted by atomic mass is 10.2. The van der Waals surface area contributed by atoms with Crippen LogP contribution in [0.1, 0.15) is 6.42 Å². The van der Waals surface area contributed by atoms with Crippen LogP contribution in [0.5, 0.6) is 0 Å². The number of benzene rings is 2. The van der Waals surface area contributed by atoms with E-state index in [2.05, 4.69) is 16.0 Å². The number of carbonyl (C=O) groups is 3. The van der Waals surface area contributed by atoms with Crippen molar-refractivity contribution >= 4 is 40.4 Å². The molecule has 7 nitrogen and oxygen atoms in total. The van der Waals surface area contributed by atoms with Crippen molar-refractivity contribution in [2.75, 3.05) is 16.4 Å². The van der Waals surface area contributed by atoms with Gasteiger partial charge in [-0.25, -0.2) is 9.59 Å². The summed E-state index contributed by atoms with van der Waals surface area (Å²) in [5, 5.41) is 16.6. The Balaban J connectivity index is 1.76. The summed E-state index contributed by atoms with van der Waals surface area (Å²) in [4.78, 5) is 35.0. The first kappa shape index (κ1) is 19.3. The summed E-state index contributed by atoms with van der Waals surface area (Å²) in [7, 11) is 0. The van der Waals surface area contributed by atoms with Crippen molar-refractivity contribution < 1.29 is 19.5 Å². The Morgan fingerprint density at radius 1 is 0.885 bits per heavy atom. The smallest absolute Gasteiger partial charge is 0.326 e. The molecule has 0 saturated carbocycles. The van der Waals surface area contributed by atoms with Gasteiger partial charge in [0.1, 0.15) is 6.04 Å². The van der Waals surface area contributed by atoms with Gasteiger partial charge in [-0.3, -0.25) is 4.79 Å². The number of carboxylic acids is 1. The van der Waals surface area contributed by atoms with Crippen LogP contribution in [0.25, 0.3) is 0 Å². The van der Waals surface area contributed by atoms with Crippen molar-refractivity contribution in [3.8, 4) is 0 Å². The number of rotatable bonds is 7. The van der Waals surface area contributed by atoms with Crippen LogP contribution in [0.2, 0.25) is 0 Å². The van der Waals surface area contributed by atoms with Gasteiger partial charge in [-0.05, 0) is 30.7 Å². The molecule has 0 aliphatic carbocycles. The van der Waals surface area contributed by atoms with E-state index >= 15 is 0 Å². The summed E-state index contributed by atoms with van der Waals surface area (Å²) in [6.45, 7) is 0. The molecule has 8 heteroatoms. The molecule has 2 rings (SSSR count). The Kier molecular flexibility index (Phi) is 7.50. The first-order valence-corrected chi connectivity index (χ1v) is 8.87. The first-order chi connectivity index (χ1) is 12.5. The van der Waals surface area contributed by atoms with E-state index in [0.717, 1.165) is 11.8 Å². The highest BCUT2D eigenvalue weighted by atomic mass is 32.2. The third kappa shape index (κ3) is 6.86. The van der Waals surface area contributed by atoms with E-state index in [-0.39, 0.29) is 17.4 Å². The Hall–Kier alpha value is -3.00. The van der Waals surface area contributed by atoms with Gasteiger partial charge in [0.2, 0.25) is 0 Å². The Bertz CT molecular complexity index is 741. The van der Waals surface area contributed by atoms with E-state index in [1.807, 2.05) is 6.07 Å². The van der Waals surface area contributed by atoms with Crippen LogP contribution in [-0.4, -0.2) is 34.1 Å². The minimum absolute atomic E-state index is 0.115. The molecule has 4 N–H and O–H groups in total. The van der Waals surface area contributed by atoms with E-state index in [1.165, 1.54) is 0 Å². The summed E-state index contributed by atoms with van der Waals surface area (Å²) >= 11 is 0.963. The average molecular weight is 373 g/mol. The lowest BCUT2D eigenvalue weighted by molar-refractivity contribution is -0.139. The predicted octanol–water partition coefficient (Wildman–Crippen LogP) is 3.62. The van der Waals surface area contributed by atoms with Crippen LogP contribution < -0.4 is 16.0 Å². The normalized spacial score (nSPS) is 11.2. The molecular weight excluding hydrogens is 354 g/mol. The van der Waals surface area contributed by atoms with Crippen LogP contribution in [-0.2, 0) is 4.79 Å². The Morgan fingerprint density at radius 3 is 1.96 bits per heavy atom. The molecule has 26 heavy (non-hydrogen) atoms. The van der Waals surface area contributed by atoms with Gasteiger partial charge in [0, 0.05) is 17.1 Å². The number of urea groups is 1. The lowest BCUT2D eigenvalue weighted by Crippen LogP contribution is -2.43. The molecule has 0 radical (unpaired) electrons. The van der Waals surface area contributed by atoms with Crippen LogP contribution in [0.15, 0.2) is 60.7 Å². The summed E-state index contributed by atoms with van der Waals surface area (Å²) in [5.74, 6) is -0.904. The second-order valence-corrected chi connectivity index (χ2v) is 6.34. The van der Waals surface area contributed by atoms with Crippen molar-refractivity contribution in [3.05, 3.63) is 60.7 Å². The van der Waals surface area contributed by atoms with E-state index < -0.39 is 18.0 Å². The molecule has 2 aromatic carbocycles. The third-order valence-electron chi connectivity index (χ3n) is 3.29. The van der Waals surface area contributed by atoms with E-state index in [0.29, 0.717) is 11.4 Å². The second-order valence-electron chi connectivity index (χ2n) is 5.27. The number of hydrogen-bond acceptors (Lipinski definition) is 4. The summed E-state index contributed by atoms with van der Waals surface area (Å²) in [6, 6.07) is 16.0. The fraction of sp³-hybridized carbons (Fsp3) is 0.167. The van der Waals surface area contributed by atoms with Gasteiger partial charge in [0.25, 0.3) is 5.24 Å². The van der Waals surface area contributed by atoms with Crippen LogP contribution >= 0.6 is 11.8 Å². The molecule has 0 aromatic heterocycles. The van der Waals surface area contributed by atoms with Crippen molar-refractivity contribution in [1.29, 1.82) is 0 Å². The summed E-state index contributed by atoms with van der Waals surface area (Å²) in [6.07, 6.45) is 0.115. The molecule has 0 saturated heterocycles. The Labute approximate surface area is 155 Å². The standard InChI is InChI=1S/C18H19N3O4S/c22-16(23)15(21-17(24)19-13-7-3-1-4-8-13)11-12-26-18(25)20-14-9-5-2-6-10-14/h1-10,15H,11-12H2,(H,20,25)(H,22,23)(H2,19,21,24). The van der Waals surface area contributed by atoms with Gasteiger partial charge in [0.05, 0.1) is 0 Å². The maximum absolute atomic E-state index is 11.9. The molecule has 1 unspecified atom stereocenters. The average Bonchev–Trinajstić information content (AvgIpc) is 2.62. The molecule has 2 aromatic rings. The van der Waals surface area contributed by atoms with E-state index in [4.69, 9.17) is 0 Å². The molecule has 0 bridgehead atoms. The van der Waals surface area contributed by atoms with Crippen LogP contribution in [0, 0.1) is 0 Å².